The number of amides is 1. The molecule has 0 atom stereocenters. The molecule has 1 aromatic carbocycles. The lowest BCUT2D eigenvalue weighted by atomic mass is 10.2. The second kappa shape index (κ2) is 9.93. The summed E-state index contributed by atoms with van der Waals surface area (Å²) in [6.45, 7) is 2.62. The Morgan fingerprint density at radius 1 is 1.32 bits per heavy atom. The van der Waals surface area contributed by atoms with Crippen LogP contribution in [0.15, 0.2) is 23.5 Å². The molecule has 0 fully saturated rings. The van der Waals surface area contributed by atoms with E-state index in [9.17, 15) is 19.7 Å². The molecule has 0 saturated heterocycles. The number of esters is 1. The minimum absolute atomic E-state index is 0.0158. The van der Waals surface area contributed by atoms with Crippen molar-refractivity contribution >= 4 is 40.8 Å². The smallest absolute Gasteiger partial charge is 0.343 e. The monoisotopic (exact) mass is 449 g/mol. The van der Waals surface area contributed by atoms with Crippen molar-refractivity contribution in [3.8, 4) is 11.5 Å². The molecule has 31 heavy (non-hydrogen) atoms. The summed E-state index contributed by atoms with van der Waals surface area (Å²) in [4.78, 5) is 42.8. The van der Waals surface area contributed by atoms with Gasteiger partial charge in [-0.2, -0.15) is 0 Å². The van der Waals surface area contributed by atoms with Gasteiger partial charge in [0.15, 0.2) is 16.7 Å². The van der Waals surface area contributed by atoms with Crippen LogP contribution in [-0.2, 0) is 9.53 Å². The van der Waals surface area contributed by atoms with Crippen molar-refractivity contribution < 1.29 is 28.7 Å². The van der Waals surface area contributed by atoms with Crippen LogP contribution < -0.4 is 20.5 Å². The van der Waals surface area contributed by atoms with Gasteiger partial charge in [0.2, 0.25) is 5.91 Å². The van der Waals surface area contributed by atoms with Crippen LogP contribution >= 0.6 is 11.8 Å². The Bertz CT molecular complexity index is 1020. The Morgan fingerprint density at radius 3 is 2.68 bits per heavy atom. The number of fused-ring (bicyclic) bond motifs is 1. The molecule has 1 aromatic heterocycles. The highest BCUT2D eigenvalue weighted by Crippen LogP contribution is 2.39. The summed E-state index contributed by atoms with van der Waals surface area (Å²) in [5, 5.41) is 14.1. The summed E-state index contributed by atoms with van der Waals surface area (Å²) in [5.74, 6) is -0.826. The predicted molar refractivity (Wildman–Crippen MR) is 110 cm³/mol. The van der Waals surface area contributed by atoms with Crippen LogP contribution in [0.4, 0.5) is 17.2 Å². The summed E-state index contributed by atoms with van der Waals surface area (Å²) in [7, 11) is 0. The first-order chi connectivity index (χ1) is 14.9. The number of nitro benzene ring substituents is 1. The molecule has 1 aliphatic heterocycles. The van der Waals surface area contributed by atoms with Crippen molar-refractivity contribution in [1.82, 2.24) is 9.97 Å². The molecule has 1 aliphatic rings. The Balaban J connectivity index is 1.68. The van der Waals surface area contributed by atoms with Crippen molar-refractivity contribution in [2.45, 2.75) is 18.5 Å². The van der Waals surface area contributed by atoms with E-state index < -0.39 is 16.8 Å². The SMILES string of the molecule is CCOC(=O)c1cnc(SCC(=O)Nc2cc3c(cc2[N+](=O)[O-])OCCCO3)nc1N. The zero-order chi connectivity index (χ0) is 22.4. The van der Waals surface area contributed by atoms with E-state index in [1.54, 1.807) is 6.92 Å². The van der Waals surface area contributed by atoms with Gasteiger partial charge < -0.3 is 25.3 Å². The highest BCUT2D eigenvalue weighted by atomic mass is 32.2. The molecule has 3 rings (SSSR count). The van der Waals surface area contributed by atoms with E-state index in [4.69, 9.17) is 19.9 Å². The van der Waals surface area contributed by atoms with Crippen LogP contribution in [0.5, 0.6) is 11.5 Å². The van der Waals surface area contributed by atoms with E-state index in [0.29, 0.717) is 25.4 Å². The number of carbonyl (C=O) groups is 2. The molecule has 0 radical (unpaired) electrons. The second-order valence-corrected chi connectivity index (χ2v) is 7.07. The number of nitrogen functional groups attached to an aromatic ring is 1. The van der Waals surface area contributed by atoms with Crippen molar-refractivity contribution in [3.63, 3.8) is 0 Å². The van der Waals surface area contributed by atoms with Crippen LogP contribution in [-0.4, -0.2) is 52.3 Å². The van der Waals surface area contributed by atoms with E-state index in [1.165, 1.54) is 18.3 Å². The highest BCUT2D eigenvalue weighted by Gasteiger charge is 2.23. The van der Waals surface area contributed by atoms with Gasteiger partial charge in [-0.15, -0.1) is 0 Å². The third-order valence-corrected chi connectivity index (χ3v) is 4.82. The van der Waals surface area contributed by atoms with Crippen molar-refractivity contribution in [2.24, 2.45) is 0 Å². The Morgan fingerprint density at radius 2 is 2.03 bits per heavy atom. The summed E-state index contributed by atoms with van der Waals surface area (Å²) < 4.78 is 15.8. The molecule has 3 N–H and O–H groups in total. The minimum atomic E-state index is -0.643. The topological polar surface area (TPSA) is 169 Å². The van der Waals surface area contributed by atoms with Gasteiger partial charge in [0.05, 0.1) is 36.6 Å². The van der Waals surface area contributed by atoms with Gasteiger partial charge in [-0.25, -0.2) is 14.8 Å². The molecule has 0 spiro atoms. The van der Waals surface area contributed by atoms with Crippen molar-refractivity contribution in [1.29, 1.82) is 0 Å². The molecular weight excluding hydrogens is 430 g/mol. The van der Waals surface area contributed by atoms with Gasteiger partial charge in [0.25, 0.3) is 5.69 Å². The first kappa shape index (κ1) is 22.1. The molecule has 13 heteroatoms. The van der Waals surface area contributed by atoms with Gasteiger partial charge in [0.1, 0.15) is 17.1 Å². The largest absolute Gasteiger partial charge is 0.489 e. The molecule has 2 heterocycles. The minimum Gasteiger partial charge on any atom is -0.489 e. The summed E-state index contributed by atoms with van der Waals surface area (Å²) in [5.41, 5.74) is 5.44. The molecule has 164 valence electrons. The highest BCUT2D eigenvalue weighted by molar-refractivity contribution is 7.99. The second-order valence-electron chi connectivity index (χ2n) is 6.13. The van der Waals surface area contributed by atoms with E-state index in [0.717, 1.165) is 11.8 Å². The molecule has 2 aromatic rings. The van der Waals surface area contributed by atoms with Crippen LogP contribution in [0.3, 0.4) is 0 Å². The average Bonchev–Trinajstić information content (AvgIpc) is 2.96. The zero-order valence-corrected chi connectivity index (χ0v) is 17.3. The number of rotatable bonds is 7. The van der Waals surface area contributed by atoms with Gasteiger partial charge in [-0.1, -0.05) is 11.8 Å². The number of hydrogen-bond acceptors (Lipinski definition) is 11. The first-order valence-corrected chi connectivity index (χ1v) is 10.2. The van der Waals surface area contributed by atoms with Gasteiger partial charge >= 0.3 is 5.97 Å². The molecule has 0 unspecified atom stereocenters. The van der Waals surface area contributed by atoms with E-state index in [1.807, 2.05) is 0 Å². The average molecular weight is 449 g/mol. The molecule has 12 nitrogen and oxygen atoms in total. The van der Waals surface area contributed by atoms with Crippen molar-refractivity contribution in [2.75, 3.05) is 36.6 Å². The van der Waals surface area contributed by atoms with Crippen LogP contribution in [0.2, 0.25) is 0 Å². The lowest BCUT2D eigenvalue weighted by molar-refractivity contribution is -0.384. The number of nitrogens with zero attached hydrogens (tertiary/aromatic N) is 3. The third kappa shape index (κ3) is 5.51. The quantitative estimate of drug-likeness (QED) is 0.208. The molecular formula is C18H19N5O7S. The number of aromatic nitrogens is 2. The number of carbonyl (C=O) groups excluding carboxylic acids is 2. The molecule has 0 saturated carbocycles. The maximum Gasteiger partial charge on any atom is 0.343 e. The summed E-state index contributed by atoms with van der Waals surface area (Å²) in [6, 6.07) is 2.59. The number of nitro groups is 1. The number of nitrogens with one attached hydrogen (secondary N) is 1. The Hall–Kier alpha value is -3.61. The van der Waals surface area contributed by atoms with E-state index >= 15 is 0 Å². The van der Waals surface area contributed by atoms with Gasteiger partial charge in [-0.05, 0) is 6.92 Å². The number of ether oxygens (including phenoxy) is 3. The number of anilines is 2. The summed E-state index contributed by atoms with van der Waals surface area (Å²) in [6.07, 6.45) is 1.86. The first-order valence-electron chi connectivity index (χ1n) is 9.19. The lowest BCUT2D eigenvalue weighted by Gasteiger charge is -2.11. The Labute approximate surface area is 180 Å². The van der Waals surface area contributed by atoms with E-state index in [-0.39, 0.29) is 46.0 Å². The standard InChI is InChI=1S/C18H19N5O7S/c1-2-28-17(25)10-8-20-18(22-16(10)19)31-9-15(24)21-11-6-13-14(7-12(11)23(26)27)30-5-3-4-29-13/h6-8H,2-5,9H2,1H3,(H,21,24)(H2,19,20,22). The van der Waals surface area contributed by atoms with Gasteiger partial charge in [0, 0.05) is 18.7 Å². The Kier molecular flexibility index (Phi) is 7.07. The predicted octanol–water partition coefficient (Wildman–Crippen LogP) is 2.04. The fourth-order valence-electron chi connectivity index (χ4n) is 2.58. The maximum atomic E-state index is 12.4. The van der Waals surface area contributed by atoms with Crippen molar-refractivity contribution in [3.05, 3.63) is 34.0 Å². The maximum absolute atomic E-state index is 12.4. The zero-order valence-electron chi connectivity index (χ0n) is 16.5. The molecule has 1 amide bonds. The van der Waals surface area contributed by atoms with Crippen LogP contribution in [0, 0.1) is 10.1 Å². The molecule has 0 aliphatic carbocycles. The van der Waals surface area contributed by atoms with Crippen LogP contribution in [0.1, 0.15) is 23.7 Å². The normalized spacial score (nSPS) is 12.5. The number of benzene rings is 1. The third-order valence-electron chi connectivity index (χ3n) is 3.96. The summed E-state index contributed by atoms with van der Waals surface area (Å²) >= 11 is 0.950. The fourth-order valence-corrected chi connectivity index (χ4v) is 3.20. The number of thioether (sulfide) groups is 1. The number of nitrogens with two attached hydrogens (primary N) is 1. The van der Waals surface area contributed by atoms with E-state index in [2.05, 4.69) is 15.3 Å². The van der Waals surface area contributed by atoms with Crippen LogP contribution in [0.25, 0.3) is 0 Å². The lowest BCUT2D eigenvalue weighted by Crippen LogP contribution is -2.16. The fraction of sp³-hybridized carbons (Fsp3) is 0.333. The number of hydrogen-bond donors (Lipinski definition) is 2. The molecule has 0 bridgehead atoms. The van der Waals surface area contributed by atoms with Gasteiger partial charge in [-0.3, -0.25) is 14.9 Å².